The van der Waals surface area contributed by atoms with Crippen LogP contribution < -0.4 is 5.32 Å². The maximum Gasteiger partial charge on any atom is 0.274 e. The zero-order valence-electron chi connectivity index (χ0n) is 12.8. The van der Waals surface area contributed by atoms with Gasteiger partial charge in [-0.05, 0) is 56.6 Å². The summed E-state index contributed by atoms with van der Waals surface area (Å²) in [5.41, 5.74) is 2.92. The number of nitro benzene ring substituents is 1. The van der Waals surface area contributed by atoms with Crippen LogP contribution in [0.15, 0.2) is 12.1 Å². The number of hydrogen-bond donors (Lipinski definition) is 1. The smallest absolute Gasteiger partial charge is 0.274 e. The first-order valence-corrected chi connectivity index (χ1v) is 7.39. The molecule has 0 aliphatic heterocycles. The summed E-state index contributed by atoms with van der Waals surface area (Å²) >= 11 is 0. The van der Waals surface area contributed by atoms with Crippen LogP contribution in [0.25, 0.3) is 0 Å². The Kier molecular flexibility index (Phi) is 4.31. The maximum atomic E-state index is 11.1. The van der Waals surface area contributed by atoms with Crippen LogP contribution in [0.3, 0.4) is 0 Å². The summed E-state index contributed by atoms with van der Waals surface area (Å²) in [5.74, 6) is 1.44. The average Bonchev–Trinajstić information content (AvgIpc) is 2.30. The van der Waals surface area contributed by atoms with Crippen LogP contribution in [-0.4, -0.2) is 11.0 Å². The van der Waals surface area contributed by atoms with Crippen molar-refractivity contribution in [2.75, 3.05) is 5.32 Å². The monoisotopic (exact) mass is 276 g/mol. The molecule has 4 heteroatoms. The van der Waals surface area contributed by atoms with Gasteiger partial charge in [0.2, 0.25) is 0 Å². The van der Waals surface area contributed by atoms with E-state index in [0.717, 1.165) is 41.5 Å². The summed E-state index contributed by atoms with van der Waals surface area (Å²) in [4.78, 5) is 10.8. The molecular weight excluding hydrogens is 252 g/mol. The van der Waals surface area contributed by atoms with Gasteiger partial charge >= 0.3 is 0 Å². The highest BCUT2D eigenvalue weighted by Gasteiger charge is 2.24. The maximum absolute atomic E-state index is 11.1. The Morgan fingerprint density at radius 1 is 1.10 bits per heavy atom. The molecule has 2 atom stereocenters. The summed E-state index contributed by atoms with van der Waals surface area (Å²) in [6, 6.07) is 4.01. The van der Waals surface area contributed by atoms with Gasteiger partial charge < -0.3 is 5.32 Å². The van der Waals surface area contributed by atoms with E-state index in [4.69, 9.17) is 0 Å². The molecule has 1 aromatic carbocycles. The third kappa shape index (κ3) is 3.30. The van der Waals surface area contributed by atoms with E-state index >= 15 is 0 Å². The largest absolute Gasteiger partial charge is 0.382 e. The predicted molar refractivity (Wildman–Crippen MR) is 82.2 cm³/mol. The van der Waals surface area contributed by atoms with Crippen LogP contribution in [0.2, 0.25) is 0 Å². The summed E-state index contributed by atoms with van der Waals surface area (Å²) < 4.78 is 0. The second kappa shape index (κ2) is 5.81. The lowest BCUT2D eigenvalue weighted by atomic mass is 9.80. The second-order valence-corrected chi connectivity index (χ2v) is 6.47. The number of nitrogens with one attached hydrogen (secondary N) is 1. The highest BCUT2D eigenvalue weighted by atomic mass is 16.6. The highest BCUT2D eigenvalue weighted by molar-refractivity contribution is 5.60. The minimum absolute atomic E-state index is 0.204. The Labute approximate surface area is 120 Å². The van der Waals surface area contributed by atoms with Crippen LogP contribution >= 0.6 is 0 Å². The first-order valence-electron chi connectivity index (χ1n) is 7.39. The van der Waals surface area contributed by atoms with Crippen molar-refractivity contribution in [1.82, 2.24) is 0 Å². The SMILES string of the molecule is Cc1cc(C)c([N+](=O)[O-])cc1NC1CC(C)CC(C)C1. The lowest BCUT2D eigenvalue weighted by molar-refractivity contribution is -0.385. The van der Waals surface area contributed by atoms with Gasteiger partial charge in [-0.15, -0.1) is 0 Å². The fourth-order valence-electron chi connectivity index (χ4n) is 3.48. The van der Waals surface area contributed by atoms with Crippen molar-refractivity contribution in [3.63, 3.8) is 0 Å². The van der Waals surface area contributed by atoms with Crippen LogP contribution in [0.4, 0.5) is 11.4 Å². The minimum Gasteiger partial charge on any atom is -0.382 e. The molecule has 20 heavy (non-hydrogen) atoms. The fourth-order valence-corrected chi connectivity index (χ4v) is 3.48. The highest BCUT2D eigenvalue weighted by Crippen LogP contribution is 2.33. The van der Waals surface area contributed by atoms with E-state index in [1.165, 1.54) is 6.42 Å². The molecule has 4 nitrogen and oxygen atoms in total. The summed E-state index contributed by atoms with van der Waals surface area (Å²) in [6.45, 7) is 8.37. The molecule has 110 valence electrons. The number of anilines is 1. The number of hydrogen-bond acceptors (Lipinski definition) is 3. The number of aryl methyl sites for hydroxylation is 2. The zero-order chi connectivity index (χ0) is 14.9. The van der Waals surface area contributed by atoms with Gasteiger partial charge in [0.25, 0.3) is 5.69 Å². The lowest BCUT2D eigenvalue weighted by Crippen LogP contribution is -2.30. The molecule has 2 rings (SSSR count). The van der Waals surface area contributed by atoms with E-state index in [2.05, 4.69) is 19.2 Å². The van der Waals surface area contributed by atoms with Crippen molar-refractivity contribution in [2.45, 2.75) is 53.0 Å². The normalized spacial score (nSPS) is 26.3. The van der Waals surface area contributed by atoms with Gasteiger partial charge in [0.15, 0.2) is 0 Å². The molecule has 1 fully saturated rings. The molecule has 0 amide bonds. The molecular formula is C16H24N2O2. The quantitative estimate of drug-likeness (QED) is 0.655. The Morgan fingerprint density at radius 3 is 2.25 bits per heavy atom. The van der Waals surface area contributed by atoms with E-state index in [-0.39, 0.29) is 10.6 Å². The van der Waals surface area contributed by atoms with Crippen molar-refractivity contribution >= 4 is 11.4 Å². The molecule has 0 heterocycles. The van der Waals surface area contributed by atoms with Gasteiger partial charge in [-0.2, -0.15) is 0 Å². The van der Waals surface area contributed by atoms with Gasteiger partial charge in [0.05, 0.1) is 4.92 Å². The summed E-state index contributed by atoms with van der Waals surface area (Å²) in [5, 5.41) is 14.6. The van der Waals surface area contributed by atoms with Crippen molar-refractivity contribution in [2.24, 2.45) is 11.8 Å². The molecule has 0 radical (unpaired) electrons. The summed E-state index contributed by atoms with van der Waals surface area (Å²) in [6.07, 6.45) is 3.57. The molecule has 0 bridgehead atoms. The van der Waals surface area contributed by atoms with Gasteiger partial charge in [-0.25, -0.2) is 0 Å². The molecule has 1 saturated carbocycles. The lowest BCUT2D eigenvalue weighted by Gasteiger charge is -2.33. The van der Waals surface area contributed by atoms with E-state index in [0.29, 0.717) is 6.04 Å². The van der Waals surface area contributed by atoms with Gasteiger partial charge in [-0.1, -0.05) is 13.8 Å². The van der Waals surface area contributed by atoms with E-state index in [9.17, 15) is 10.1 Å². The average molecular weight is 276 g/mol. The first-order chi connectivity index (χ1) is 9.36. The third-order valence-corrected chi connectivity index (χ3v) is 4.28. The number of rotatable bonds is 3. The Bertz CT molecular complexity index is 503. The minimum atomic E-state index is -0.300. The Balaban J connectivity index is 2.20. The van der Waals surface area contributed by atoms with Crippen LogP contribution in [0.1, 0.15) is 44.2 Å². The first kappa shape index (κ1) is 14.8. The van der Waals surface area contributed by atoms with E-state index in [1.54, 1.807) is 13.0 Å². The van der Waals surface area contributed by atoms with Gasteiger partial charge in [0, 0.05) is 23.4 Å². The molecule has 1 aliphatic carbocycles. The third-order valence-electron chi connectivity index (χ3n) is 4.28. The fraction of sp³-hybridized carbons (Fsp3) is 0.625. The van der Waals surface area contributed by atoms with Crippen LogP contribution in [0, 0.1) is 35.8 Å². The van der Waals surface area contributed by atoms with Crippen molar-refractivity contribution < 1.29 is 4.92 Å². The predicted octanol–water partition coefficient (Wildman–Crippen LogP) is 4.45. The second-order valence-electron chi connectivity index (χ2n) is 6.47. The summed E-state index contributed by atoms with van der Waals surface area (Å²) in [7, 11) is 0. The van der Waals surface area contributed by atoms with E-state index < -0.39 is 0 Å². The molecule has 1 aromatic rings. The molecule has 0 aromatic heterocycles. The number of nitro groups is 1. The molecule has 0 saturated heterocycles. The topological polar surface area (TPSA) is 55.2 Å². The number of benzene rings is 1. The molecule has 0 spiro atoms. The van der Waals surface area contributed by atoms with Crippen molar-refractivity contribution in [1.29, 1.82) is 0 Å². The van der Waals surface area contributed by atoms with E-state index in [1.807, 2.05) is 13.0 Å². The van der Waals surface area contributed by atoms with Gasteiger partial charge in [0.1, 0.15) is 0 Å². The Morgan fingerprint density at radius 2 is 1.70 bits per heavy atom. The Hall–Kier alpha value is -1.58. The number of nitrogens with zero attached hydrogens (tertiary/aromatic N) is 1. The van der Waals surface area contributed by atoms with Crippen LogP contribution in [-0.2, 0) is 0 Å². The molecule has 2 unspecified atom stereocenters. The standard InChI is InChI=1S/C16H24N2O2/c1-10-5-11(2)7-14(6-10)17-15-9-16(18(19)20)13(4)8-12(15)3/h8-11,14,17H,5-7H2,1-4H3. The van der Waals surface area contributed by atoms with Gasteiger partial charge in [-0.3, -0.25) is 10.1 Å². The van der Waals surface area contributed by atoms with Crippen LogP contribution in [0.5, 0.6) is 0 Å². The molecule has 1 N–H and O–H groups in total. The van der Waals surface area contributed by atoms with Crippen molar-refractivity contribution in [3.05, 3.63) is 33.4 Å². The molecule has 1 aliphatic rings. The van der Waals surface area contributed by atoms with Crippen molar-refractivity contribution in [3.8, 4) is 0 Å². The zero-order valence-corrected chi connectivity index (χ0v) is 12.8.